The van der Waals surface area contributed by atoms with Gasteiger partial charge in [0.25, 0.3) is 0 Å². The van der Waals surface area contributed by atoms with E-state index in [1.165, 1.54) is 13.0 Å². The highest BCUT2D eigenvalue weighted by atomic mass is 16.3. The Bertz CT molecular complexity index is 73.8. The molecule has 0 aromatic heterocycles. The molecule has 0 bridgehead atoms. The zero-order chi connectivity index (χ0) is 5.86. The number of hydrogen-bond acceptors (Lipinski definition) is 3. The van der Waals surface area contributed by atoms with Crippen LogP contribution in [0.1, 0.15) is 6.92 Å². The van der Waals surface area contributed by atoms with E-state index in [4.69, 9.17) is 16.6 Å². The topological polar surface area (TPSA) is 72.3 Å². The standard InChI is InChI=1S/C4H10N2O/c1-3(7)2-4(5)6/h2,4,7H,5-6H2,1H3/b3-2-. The summed E-state index contributed by atoms with van der Waals surface area (Å²) in [6, 6.07) is 0. The first-order valence-corrected chi connectivity index (χ1v) is 2.01. The largest absolute Gasteiger partial charge is 0.513 e. The fourth-order valence-corrected chi connectivity index (χ4v) is 0.279. The van der Waals surface area contributed by atoms with Crippen molar-refractivity contribution in [2.45, 2.75) is 13.1 Å². The molecule has 0 aliphatic heterocycles. The van der Waals surface area contributed by atoms with Gasteiger partial charge in [0.15, 0.2) is 0 Å². The van der Waals surface area contributed by atoms with Gasteiger partial charge in [-0.25, -0.2) is 0 Å². The van der Waals surface area contributed by atoms with Gasteiger partial charge >= 0.3 is 0 Å². The Hall–Kier alpha value is -0.540. The first-order chi connectivity index (χ1) is 3.13. The van der Waals surface area contributed by atoms with E-state index in [1.807, 2.05) is 0 Å². The van der Waals surface area contributed by atoms with Crippen molar-refractivity contribution in [1.82, 2.24) is 0 Å². The first-order valence-electron chi connectivity index (χ1n) is 2.01. The van der Waals surface area contributed by atoms with Crippen molar-refractivity contribution in [3.63, 3.8) is 0 Å². The van der Waals surface area contributed by atoms with Gasteiger partial charge in [-0.2, -0.15) is 0 Å². The molecule has 3 nitrogen and oxygen atoms in total. The molecule has 0 amide bonds. The predicted octanol–water partition coefficient (Wildman–Crippen LogP) is -0.308. The van der Waals surface area contributed by atoms with E-state index in [0.29, 0.717) is 0 Å². The molecule has 0 spiro atoms. The van der Waals surface area contributed by atoms with Crippen LogP contribution in [0, 0.1) is 0 Å². The van der Waals surface area contributed by atoms with Crippen LogP contribution in [0.3, 0.4) is 0 Å². The molecule has 0 aromatic rings. The third-order valence-electron chi connectivity index (χ3n) is 0.434. The molecule has 42 valence electrons. The summed E-state index contributed by atoms with van der Waals surface area (Å²) in [5, 5.41) is 8.42. The maximum absolute atomic E-state index is 8.42. The molecule has 0 aromatic carbocycles. The summed E-state index contributed by atoms with van der Waals surface area (Å²) in [4.78, 5) is 0. The Morgan fingerprint density at radius 3 is 2.14 bits per heavy atom. The molecule has 0 aliphatic carbocycles. The lowest BCUT2D eigenvalue weighted by Gasteiger charge is -1.93. The predicted molar refractivity (Wildman–Crippen MR) is 28.5 cm³/mol. The fraction of sp³-hybridized carbons (Fsp3) is 0.500. The van der Waals surface area contributed by atoms with Gasteiger partial charge in [-0.3, -0.25) is 0 Å². The summed E-state index contributed by atoms with van der Waals surface area (Å²) < 4.78 is 0. The van der Waals surface area contributed by atoms with Gasteiger partial charge in [0, 0.05) is 0 Å². The highest BCUT2D eigenvalue weighted by Crippen LogP contribution is 1.81. The second kappa shape index (κ2) is 2.60. The Morgan fingerprint density at radius 1 is 1.71 bits per heavy atom. The van der Waals surface area contributed by atoms with Crippen molar-refractivity contribution in [2.24, 2.45) is 11.5 Å². The summed E-state index contributed by atoms with van der Waals surface area (Å²) >= 11 is 0. The van der Waals surface area contributed by atoms with E-state index < -0.39 is 6.17 Å². The maximum atomic E-state index is 8.42. The molecular formula is C4H10N2O. The van der Waals surface area contributed by atoms with Gasteiger partial charge in [0.1, 0.15) is 0 Å². The quantitative estimate of drug-likeness (QED) is 0.314. The van der Waals surface area contributed by atoms with Crippen LogP contribution in [0.4, 0.5) is 0 Å². The normalized spacial score (nSPS) is 12.9. The van der Waals surface area contributed by atoms with Crippen molar-refractivity contribution >= 4 is 0 Å². The lowest BCUT2D eigenvalue weighted by atomic mass is 10.4. The first kappa shape index (κ1) is 6.46. The van der Waals surface area contributed by atoms with Gasteiger partial charge in [0.2, 0.25) is 0 Å². The Balaban J connectivity index is 3.45. The van der Waals surface area contributed by atoms with Crippen LogP contribution in [0.5, 0.6) is 0 Å². The molecule has 0 rings (SSSR count). The van der Waals surface area contributed by atoms with Crippen LogP contribution >= 0.6 is 0 Å². The average Bonchev–Trinajstić information content (AvgIpc) is 1.27. The van der Waals surface area contributed by atoms with Gasteiger partial charge in [-0.05, 0) is 13.0 Å². The van der Waals surface area contributed by atoms with Crippen LogP contribution < -0.4 is 11.5 Å². The Kier molecular flexibility index (Phi) is 2.40. The smallest absolute Gasteiger partial charge is 0.0880 e. The van der Waals surface area contributed by atoms with E-state index >= 15 is 0 Å². The van der Waals surface area contributed by atoms with Gasteiger partial charge in [-0.15, -0.1) is 0 Å². The molecule has 3 heteroatoms. The van der Waals surface area contributed by atoms with Crippen LogP contribution in [-0.4, -0.2) is 11.3 Å². The van der Waals surface area contributed by atoms with Crippen molar-refractivity contribution in [3.05, 3.63) is 11.8 Å². The molecule has 0 aliphatic rings. The zero-order valence-corrected chi connectivity index (χ0v) is 4.26. The number of nitrogens with two attached hydrogens (primary N) is 2. The second-order valence-electron chi connectivity index (χ2n) is 1.39. The molecule has 0 atom stereocenters. The molecule has 0 heterocycles. The van der Waals surface area contributed by atoms with Crippen molar-refractivity contribution in [2.75, 3.05) is 0 Å². The maximum Gasteiger partial charge on any atom is 0.0880 e. The minimum Gasteiger partial charge on any atom is -0.513 e. The SMILES string of the molecule is C/C(O)=C/C(N)N. The van der Waals surface area contributed by atoms with E-state index in [-0.39, 0.29) is 5.76 Å². The van der Waals surface area contributed by atoms with Crippen molar-refractivity contribution in [3.8, 4) is 0 Å². The number of rotatable bonds is 1. The van der Waals surface area contributed by atoms with E-state index in [2.05, 4.69) is 0 Å². The number of hydrogen-bond donors (Lipinski definition) is 3. The van der Waals surface area contributed by atoms with Crippen molar-refractivity contribution < 1.29 is 5.11 Å². The zero-order valence-electron chi connectivity index (χ0n) is 4.26. The lowest BCUT2D eigenvalue weighted by Crippen LogP contribution is -2.27. The van der Waals surface area contributed by atoms with Crippen LogP contribution in [0.2, 0.25) is 0 Å². The van der Waals surface area contributed by atoms with Crippen LogP contribution in [0.25, 0.3) is 0 Å². The van der Waals surface area contributed by atoms with Crippen molar-refractivity contribution in [1.29, 1.82) is 0 Å². The highest BCUT2D eigenvalue weighted by Gasteiger charge is 1.84. The molecular weight excluding hydrogens is 92.1 g/mol. The van der Waals surface area contributed by atoms with E-state index in [0.717, 1.165) is 0 Å². The minimum absolute atomic E-state index is 0.162. The van der Waals surface area contributed by atoms with E-state index in [9.17, 15) is 0 Å². The van der Waals surface area contributed by atoms with E-state index in [1.54, 1.807) is 0 Å². The van der Waals surface area contributed by atoms with Gasteiger partial charge in [-0.1, -0.05) is 0 Å². The number of allylic oxidation sites excluding steroid dienone is 1. The second-order valence-corrected chi connectivity index (χ2v) is 1.39. The third-order valence-corrected chi connectivity index (χ3v) is 0.434. The molecule has 0 fully saturated rings. The summed E-state index contributed by atoms with van der Waals surface area (Å²) in [6.07, 6.45) is 0.824. The summed E-state index contributed by atoms with van der Waals surface area (Å²) in [5.41, 5.74) is 10.1. The Labute approximate surface area is 42.6 Å². The summed E-state index contributed by atoms with van der Waals surface area (Å²) in [7, 11) is 0. The van der Waals surface area contributed by atoms with Gasteiger partial charge < -0.3 is 16.6 Å². The molecule has 0 saturated carbocycles. The Morgan fingerprint density at radius 2 is 2.14 bits per heavy atom. The molecule has 5 N–H and O–H groups in total. The number of aliphatic hydroxyl groups is 1. The summed E-state index contributed by atoms with van der Waals surface area (Å²) in [6.45, 7) is 1.52. The molecule has 0 radical (unpaired) electrons. The molecule has 0 unspecified atom stereocenters. The highest BCUT2D eigenvalue weighted by molar-refractivity contribution is 4.91. The monoisotopic (exact) mass is 102 g/mol. The van der Waals surface area contributed by atoms with Crippen LogP contribution in [-0.2, 0) is 0 Å². The number of aliphatic hydroxyl groups excluding tert-OH is 1. The van der Waals surface area contributed by atoms with Crippen LogP contribution in [0.15, 0.2) is 11.8 Å². The molecule has 0 saturated heterocycles. The fourth-order valence-electron chi connectivity index (χ4n) is 0.279. The van der Waals surface area contributed by atoms with Gasteiger partial charge in [0.05, 0.1) is 11.9 Å². The minimum atomic E-state index is -0.537. The lowest BCUT2D eigenvalue weighted by molar-refractivity contribution is 0.409. The molecule has 7 heavy (non-hydrogen) atoms. The summed E-state index contributed by atoms with van der Waals surface area (Å²) in [5.74, 6) is 0.162. The third kappa shape index (κ3) is 5.46. The average molecular weight is 102 g/mol.